The van der Waals surface area contributed by atoms with Gasteiger partial charge in [0.25, 0.3) is 5.91 Å². The summed E-state index contributed by atoms with van der Waals surface area (Å²) >= 11 is 0. The Kier molecular flexibility index (Phi) is 16.3. The Morgan fingerprint density at radius 3 is 2.26 bits per heavy atom. The molecule has 1 aromatic heterocycles. The van der Waals surface area contributed by atoms with Crippen LogP contribution in [0.3, 0.4) is 0 Å². The minimum atomic E-state index is -0.431. The maximum Gasteiger partial charge on any atom is 0.338 e. The van der Waals surface area contributed by atoms with Gasteiger partial charge in [-0.1, -0.05) is 71.9 Å². The fraction of sp³-hybridized carbons (Fsp3) is 0.400. The number of esters is 1. The van der Waals surface area contributed by atoms with Gasteiger partial charge in [0.15, 0.2) is 0 Å². The topological polar surface area (TPSA) is 89.4 Å². The van der Waals surface area contributed by atoms with Crippen LogP contribution in [0.1, 0.15) is 89.1 Å². The van der Waals surface area contributed by atoms with Crippen molar-refractivity contribution in [3.63, 3.8) is 0 Å². The second-order valence-electron chi connectivity index (χ2n) is 10.6. The first kappa shape index (κ1) is 36.8. The van der Waals surface area contributed by atoms with E-state index in [9.17, 15) is 18.8 Å². The third kappa shape index (κ3) is 12.7. The zero-order valence-electron chi connectivity index (χ0n) is 26.9. The number of nitrogens with one attached hydrogen (secondary N) is 2. The monoisotopic (exact) mass is 593 g/mol. The van der Waals surface area contributed by atoms with E-state index in [0.717, 1.165) is 17.3 Å². The number of amides is 2. The molecule has 0 radical (unpaired) electrons. The van der Waals surface area contributed by atoms with Crippen molar-refractivity contribution in [1.29, 1.82) is 0 Å². The fourth-order valence-corrected chi connectivity index (χ4v) is 4.06. The van der Waals surface area contributed by atoms with Crippen LogP contribution in [0, 0.1) is 5.41 Å². The normalized spacial score (nSPS) is 11.0. The molecule has 2 aromatic carbocycles. The summed E-state index contributed by atoms with van der Waals surface area (Å²) in [6.07, 6.45) is 8.05. The number of fused-ring (bicyclic) bond motifs is 1. The fourth-order valence-electron chi connectivity index (χ4n) is 4.06. The number of hydrogen-bond donors (Lipinski definition) is 2. The van der Waals surface area contributed by atoms with Crippen molar-refractivity contribution in [2.24, 2.45) is 5.41 Å². The molecule has 43 heavy (non-hydrogen) atoms. The van der Waals surface area contributed by atoms with Crippen LogP contribution in [0.5, 0.6) is 0 Å². The molecule has 0 spiro atoms. The number of hydrogen-bond acceptors (Lipinski definition) is 4. The molecule has 8 heteroatoms. The molecule has 0 unspecified atom stereocenters. The molecular weight excluding hydrogens is 545 g/mol. The molecule has 0 bridgehead atoms. The Labute approximate surface area is 256 Å². The van der Waals surface area contributed by atoms with E-state index >= 15 is 0 Å². The Bertz CT molecular complexity index is 1380. The number of alkyl halides is 1. The van der Waals surface area contributed by atoms with Crippen molar-refractivity contribution in [2.75, 3.05) is 23.9 Å². The lowest BCUT2D eigenvalue weighted by atomic mass is 9.92. The van der Waals surface area contributed by atoms with Gasteiger partial charge in [-0.05, 0) is 68.1 Å². The minimum absolute atomic E-state index is 0.0423. The van der Waals surface area contributed by atoms with Crippen molar-refractivity contribution in [3.8, 4) is 0 Å². The molecule has 1 heterocycles. The van der Waals surface area contributed by atoms with E-state index in [1.165, 1.54) is 6.08 Å². The van der Waals surface area contributed by atoms with Crippen LogP contribution in [0.15, 0.2) is 72.8 Å². The van der Waals surface area contributed by atoms with Crippen LogP contribution >= 0.6 is 0 Å². The van der Waals surface area contributed by atoms with Gasteiger partial charge >= 0.3 is 5.97 Å². The zero-order chi connectivity index (χ0) is 32.4. The zero-order valence-corrected chi connectivity index (χ0v) is 26.9. The Hall–Kier alpha value is -4.20. The van der Waals surface area contributed by atoms with E-state index in [2.05, 4.69) is 17.6 Å². The molecule has 2 N–H and O–H groups in total. The third-order valence-electron chi connectivity index (χ3n) is 5.72. The third-order valence-corrected chi connectivity index (χ3v) is 5.72. The van der Waals surface area contributed by atoms with Gasteiger partial charge in [0.05, 0.1) is 12.2 Å². The molecule has 3 rings (SSSR count). The van der Waals surface area contributed by atoms with Crippen LogP contribution in [0.25, 0.3) is 10.9 Å². The maximum absolute atomic E-state index is 13.2. The number of nitrogens with zero attached hydrogens (tertiary/aromatic N) is 1. The van der Waals surface area contributed by atoms with Gasteiger partial charge in [-0.2, -0.15) is 0 Å². The predicted molar refractivity (Wildman–Crippen MR) is 177 cm³/mol. The summed E-state index contributed by atoms with van der Waals surface area (Å²) in [6.45, 7) is 16.3. The summed E-state index contributed by atoms with van der Waals surface area (Å²) in [6, 6.07) is 14.2. The SMILES string of the molecule is C/C=C\C=C/CF.CC.CCCn1c(C(=O)Nc2cccc(C(=O)OCC)c2)cc2cc(NC(=O)CC(C)(C)C)ccc21. The van der Waals surface area contributed by atoms with Gasteiger partial charge in [-0.15, -0.1) is 0 Å². The van der Waals surface area contributed by atoms with E-state index in [-0.39, 0.29) is 30.5 Å². The van der Waals surface area contributed by atoms with Crippen molar-refractivity contribution < 1.29 is 23.5 Å². The van der Waals surface area contributed by atoms with Crippen LogP contribution in [-0.2, 0) is 16.1 Å². The van der Waals surface area contributed by atoms with Crippen molar-refractivity contribution in [3.05, 3.63) is 84.1 Å². The lowest BCUT2D eigenvalue weighted by Gasteiger charge is -2.17. The number of halogens is 1. The predicted octanol–water partition coefficient (Wildman–Crippen LogP) is 8.97. The Balaban J connectivity index is 0.000000901. The summed E-state index contributed by atoms with van der Waals surface area (Å²) in [5.74, 6) is -0.747. The quantitative estimate of drug-likeness (QED) is 0.181. The maximum atomic E-state index is 13.2. The molecule has 0 saturated carbocycles. The summed E-state index contributed by atoms with van der Waals surface area (Å²) in [4.78, 5) is 37.6. The van der Waals surface area contributed by atoms with Gasteiger partial charge < -0.3 is 19.9 Å². The van der Waals surface area contributed by atoms with Gasteiger partial charge in [-0.3, -0.25) is 9.59 Å². The number of carbonyl (C=O) groups is 3. The van der Waals surface area contributed by atoms with E-state index in [1.807, 2.05) is 76.5 Å². The van der Waals surface area contributed by atoms with Crippen LogP contribution in [0.4, 0.5) is 15.8 Å². The molecule has 0 saturated heterocycles. The number of allylic oxidation sites excluding steroid dienone is 4. The highest BCUT2D eigenvalue weighted by Gasteiger charge is 2.19. The second-order valence-corrected chi connectivity index (χ2v) is 10.6. The van der Waals surface area contributed by atoms with Crippen molar-refractivity contribution in [1.82, 2.24) is 4.57 Å². The average molecular weight is 594 g/mol. The van der Waals surface area contributed by atoms with E-state index in [4.69, 9.17) is 4.74 Å². The summed E-state index contributed by atoms with van der Waals surface area (Å²) in [7, 11) is 0. The Morgan fingerprint density at radius 1 is 0.953 bits per heavy atom. The summed E-state index contributed by atoms with van der Waals surface area (Å²) in [5.41, 5.74) is 2.92. The van der Waals surface area contributed by atoms with Crippen LogP contribution in [-0.4, -0.2) is 35.6 Å². The molecule has 2 amide bonds. The summed E-state index contributed by atoms with van der Waals surface area (Å²) in [5, 5.41) is 6.71. The molecule has 3 aromatic rings. The summed E-state index contributed by atoms with van der Waals surface area (Å²) < 4.78 is 18.2. The molecule has 0 atom stereocenters. The first-order valence-electron chi connectivity index (χ1n) is 14.9. The van der Waals surface area contributed by atoms with E-state index in [0.29, 0.717) is 35.6 Å². The van der Waals surface area contributed by atoms with Gasteiger partial charge in [-0.25, -0.2) is 9.18 Å². The molecule has 0 fully saturated rings. The number of carbonyl (C=O) groups excluding carboxylic acids is 3. The number of aryl methyl sites for hydroxylation is 1. The van der Waals surface area contributed by atoms with Crippen molar-refractivity contribution in [2.45, 2.75) is 74.8 Å². The van der Waals surface area contributed by atoms with E-state index in [1.54, 1.807) is 43.3 Å². The van der Waals surface area contributed by atoms with Crippen LogP contribution < -0.4 is 10.6 Å². The molecule has 0 aliphatic carbocycles. The molecule has 0 aliphatic heterocycles. The van der Waals surface area contributed by atoms with Gasteiger partial charge in [0.2, 0.25) is 5.91 Å². The number of benzene rings is 2. The van der Waals surface area contributed by atoms with E-state index < -0.39 is 5.97 Å². The van der Waals surface area contributed by atoms with Gasteiger partial charge in [0, 0.05) is 35.2 Å². The highest BCUT2D eigenvalue weighted by Crippen LogP contribution is 2.26. The standard InChI is InChI=1S/C27H33N3O4.C6H9F.C2H6/c1-6-13-30-22-12-11-21(28-24(31)17-27(3,4)5)15-19(22)16-23(30)25(32)29-20-10-8-9-18(14-20)26(33)34-7-2;1-2-3-4-5-6-7;1-2/h8-12,14-16H,6-7,13,17H2,1-5H3,(H,28,31)(H,29,32);2-5H,6H2,1H3;1-2H3/b;3-2-,5-4-;. The minimum Gasteiger partial charge on any atom is -0.462 e. The second kappa shape index (κ2) is 19.1. The van der Waals surface area contributed by atoms with Crippen molar-refractivity contribution >= 4 is 40.1 Å². The number of ether oxygens (including phenoxy) is 1. The Morgan fingerprint density at radius 2 is 1.65 bits per heavy atom. The molecule has 0 aliphatic rings. The average Bonchev–Trinajstić information content (AvgIpc) is 3.32. The molecular formula is C35H48FN3O4. The largest absolute Gasteiger partial charge is 0.462 e. The highest BCUT2D eigenvalue weighted by molar-refractivity contribution is 6.07. The van der Waals surface area contributed by atoms with Gasteiger partial charge in [0.1, 0.15) is 12.4 Å². The molecule has 234 valence electrons. The molecule has 7 nitrogen and oxygen atoms in total. The first-order valence-corrected chi connectivity index (χ1v) is 14.9. The van der Waals surface area contributed by atoms with Crippen LogP contribution in [0.2, 0.25) is 0 Å². The lowest BCUT2D eigenvalue weighted by Crippen LogP contribution is -2.19. The lowest BCUT2D eigenvalue weighted by molar-refractivity contribution is -0.117. The number of aromatic nitrogens is 1. The first-order chi connectivity index (χ1) is 20.5. The highest BCUT2D eigenvalue weighted by atomic mass is 19.1. The number of anilines is 2. The smallest absolute Gasteiger partial charge is 0.338 e. The number of rotatable bonds is 10.